The van der Waals surface area contributed by atoms with Crippen molar-refractivity contribution in [2.45, 2.75) is 31.6 Å². The Morgan fingerprint density at radius 3 is 2.59 bits per heavy atom. The predicted octanol–water partition coefficient (Wildman–Crippen LogP) is 2.47. The Kier molecular flexibility index (Phi) is 5.94. The summed E-state index contributed by atoms with van der Waals surface area (Å²) in [6.45, 7) is 7.95. The van der Waals surface area contributed by atoms with Crippen LogP contribution in [0.5, 0.6) is 0 Å². The van der Waals surface area contributed by atoms with Gasteiger partial charge >= 0.3 is 0 Å². The highest BCUT2D eigenvalue weighted by Gasteiger charge is 2.21. The predicted molar refractivity (Wildman–Crippen MR) is 85.6 cm³/mol. The number of nitrogens with zero attached hydrogens (tertiary/aromatic N) is 1. The maximum Gasteiger partial charge on any atom is 0.240 e. The first kappa shape index (κ1) is 17.4. The summed E-state index contributed by atoms with van der Waals surface area (Å²) in [4.78, 5) is 2.38. The van der Waals surface area contributed by atoms with Gasteiger partial charge in [-0.15, -0.1) is 0 Å². The number of nitrogens with one attached hydrogen (secondary N) is 1. The molecule has 124 valence electrons. The van der Waals surface area contributed by atoms with E-state index in [-0.39, 0.29) is 4.90 Å². The van der Waals surface area contributed by atoms with Gasteiger partial charge in [0.2, 0.25) is 10.0 Å². The van der Waals surface area contributed by atoms with Gasteiger partial charge < -0.3 is 4.90 Å². The van der Waals surface area contributed by atoms with Crippen molar-refractivity contribution in [1.82, 2.24) is 9.62 Å². The molecule has 2 rings (SSSR count). The monoisotopic (exact) mass is 328 g/mol. The summed E-state index contributed by atoms with van der Waals surface area (Å²) >= 11 is 0. The molecule has 2 unspecified atom stereocenters. The minimum absolute atomic E-state index is 0.0206. The van der Waals surface area contributed by atoms with Crippen LogP contribution in [0.3, 0.4) is 0 Å². The fraction of sp³-hybridized carbons (Fsp3) is 0.625. The molecule has 1 aliphatic rings. The molecular weight excluding hydrogens is 303 g/mol. The van der Waals surface area contributed by atoms with Crippen LogP contribution in [-0.4, -0.2) is 39.5 Å². The van der Waals surface area contributed by atoms with Crippen LogP contribution in [0, 0.1) is 17.7 Å². The minimum Gasteiger partial charge on any atom is -0.303 e. The molecule has 1 fully saturated rings. The third-order valence-corrected chi connectivity index (χ3v) is 5.45. The first-order chi connectivity index (χ1) is 10.4. The smallest absolute Gasteiger partial charge is 0.240 e. The molecule has 4 nitrogen and oxygen atoms in total. The maximum atomic E-state index is 13.1. The number of halogens is 1. The average molecular weight is 328 g/mol. The molecular formula is C16H25FN2O2S. The zero-order chi connectivity index (χ0) is 16.2. The van der Waals surface area contributed by atoms with Crippen LogP contribution in [0.15, 0.2) is 29.2 Å². The molecule has 0 aromatic heterocycles. The summed E-state index contributed by atoms with van der Waals surface area (Å²) in [5.41, 5.74) is 0. The van der Waals surface area contributed by atoms with E-state index < -0.39 is 15.8 Å². The second-order valence-corrected chi connectivity index (χ2v) is 8.18. The van der Waals surface area contributed by atoms with Crippen LogP contribution in [0.2, 0.25) is 0 Å². The molecule has 1 saturated heterocycles. The molecule has 1 aromatic carbocycles. The van der Waals surface area contributed by atoms with Crippen LogP contribution in [-0.2, 0) is 10.0 Å². The lowest BCUT2D eigenvalue weighted by molar-refractivity contribution is 0.140. The number of benzene rings is 1. The van der Waals surface area contributed by atoms with E-state index >= 15 is 0 Å². The van der Waals surface area contributed by atoms with Crippen LogP contribution < -0.4 is 4.72 Å². The molecule has 0 aliphatic carbocycles. The normalized spacial score (nSPS) is 23.6. The van der Waals surface area contributed by atoms with E-state index in [4.69, 9.17) is 0 Å². The van der Waals surface area contributed by atoms with Gasteiger partial charge in [0.1, 0.15) is 5.82 Å². The Balaban J connectivity index is 1.78. The summed E-state index contributed by atoms with van der Waals surface area (Å²) < 4.78 is 39.7. The first-order valence-electron chi connectivity index (χ1n) is 7.84. The number of sulfonamides is 1. The zero-order valence-corrected chi connectivity index (χ0v) is 14.1. The highest BCUT2D eigenvalue weighted by atomic mass is 32.2. The zero-order valence-electron chi connectivity index (χ0n) is 13.3. The molecule has 0 spiro atoms. The van der Waals surface area contributed by atoms with Gasteiger partial charge in [-0.1, -0.05) is 19.9 Å². The number of rotatable bonds is 6. The molecule has 1 N–H and O–H groups in total. The minimum atomic E-state index is -3.62. The lowest BCUT2D eigenvalue weighted by Gasteiger charge is -2.34. The van der Waals surface area contributed by atoms with Crippen molar-refractivity contribution in [3.05, 3.63) is 30.1 Å². The summed E-state index contributed by atoms with van der Waals surface area (Å²) in [5, 5.41) is 0. The molecule has 6 heteroatoms. The van der Waals surface area contributed by atoms with Gasteiger partial charge in [0.05, 0.1) is 4.90 Å². The van der Waals surface area contributed by atoms with Crippen LogP contribution in [0.25, 0.3) is 0 Å². The lowest BCUT2D eigenvalue weighted by atomic mass is 9.92. The molecule has 1 aliphatic heterocycles. The third-order valence-electron chi connectivity index (χ3n) is 3.99. The van der Waals surface area contributed by atoms with E-state index in [0.717, 1.165) is 32.1 Å². The first-order valence-corrected chi connectivity index (χ1v) is 9.33. The Hall–Kier alpha value is -0.980. The SMILES string of the molecule is CC1CC(C)CN(CCCNS(=O)(=O)c2cccc(F)c2)C1. The number of hydrogen-bond acceptors (Lipinski definition) is 3. The second-order valence-electron chi connectivity index (χ2n) is 6.41. The quantitative estimate of drug-likeness (QED) is 0.816. The van der Waals surface area contributed by atoms with E-state index in [2.05, 4.69) is 23.5 Å². The van der Waals surface area contributed by atoms with Gasteiger partial charge in [-0.25, -0.2) is 17.5 Å². The van der Waals surface area contributed by atoms with Crippen molar-refractivity contribution in [2.75, 3.05) is 26.2 Å². The van der Waals surface area contributed by atoms with E-state index in [1.807, 2.05) is 0 Å². The fourth-order valence-corrected chi connectivity index (χ4v) is 4.31. The van der Waals surface area contributed by atoms with Crippen molar-refractivity contribution in [1.29, 1.82) is 0 Å². The number of hydrogen-bond donors (Lipinski definition) is 1. The Morgan fingerprint density at radius 2 is 1.95 bits per heavy atom. The Labute approximate surface area is 132 Å². The highest BCUT2D eigenvalue weighted by molar-refractivity contribution is 7.89. The summed E-state index contributed by atoms with van der Waals surface area (Å²) in [5.74, 6) is 0.861. The van der Waals surface area contributed by atoms with Crippen molar-refractivity contribution in [3.63, 3.8) is 0 Å². The lowest BCUT2D eigenvalue weighted by Crippen LogP contribution is -2.40. The van der Waals surface area contributed by atoms with Gasteiger partial charge in [-0.05, 0) is 49.4 Å². The van der Waals surface area contributed by atoms with Gasteiger partial charge in [-0.2, -0.15) is 0 Å². The Bertz CT molecular complexity index is 582. The molecule has 1 heterocycles. The largest absolute Gasteiger partial charge is 0.303 e. The summed E-state index contributed by atoms with van der Waals surface area (Å²) in [6, 6.07) is 5.08. The highest BCUT2D eigenvalue weighted by Crippen LogP contribution is 2.20. The average Bonchev–Trinajstić information content (AvgIpc) is 2.43. The number of likely N-dealkylation sites (tertiary alicyclic amines) is 1. The van der Waals surface area contributed by atoms with Gasteiger partial charge in [0.25, 0.3) is 0 Å². The maximum absolute atomic E-state index is 13.1. The van der Waals surface area contributed by atoms with Crippen molar-refractivity contribution >= 4 is 10.0 Å². The van der Waals surface area contributed by atoms with Gasteiger partial charge in [0.15, 0.2) is 0 Å². The summed E-state index contributed by atoms with van der Waals surface area (Å²) in [6.07, 6.45) is 2.02. The van der Waals surface area contributed by atoms with Gasteiger partial charge in [0, 0.05) is 19.6 Å². The topological polar surface area (TPSA) is 49.4 Å². The van der Waals surface area contributed by atoms with E-state index in [9.17, 15) is 12.8 Å². The molecule has 0 saturated carbocycles. The van der Waals surface area contributed by atoms with Crippen LogP contribution >= 0.6 is 0 Å². The number of piperidine rings is 1. The van der Waals surface area contributed by atoms with E-state index in [0.29, 0.717) is 18.4 Å². The fourth-order valence-electron chi connectivity index (χ4n) is 3.20. The van der Waals surface area contributed by atoms with E-state index in [1.165, 1.54) is 24.6 Å². The van der Waals surface area contributed by atoms with Crippen molar-refractivity contribution < 1.29 is 12.8 Å². The van der Waals surface area contributed by atoms with Crippen molar-refractivity contribution in [3.8, 4) is 0 Å². The summed E-state index contributed by atoms with van der Waals surface area (Å²) in [7, 11) is -3.62. The standard InChI is InChI=1S/C16H25FN2O2S/c1-13-9-14(2)12-19(11-13)8-4-7-18-22(20,21)16-6-3-5-15(17)10-16/h3,5-6,10,13-14,18H,4,7-9,11-12H2,1-2H3. The molecule has 0 bridgehead atoms. The van der Waals surface area contributed by atoms with Crippen LogP contribution in [0.1, 0.15) is 26.7 Å². The second kappa shape index (κ2) is 7.53. The molecule has 22 heavy (non-hydrogen) atoms. The van der Waals surface area contributed by atoms with Crippen LogP contribution in [0.4, 0.5) is 4.39 Å². The Morgan fingerprint density at radius 1 is 1.27 bits per heavy atom. The van der Waals surface area contributed by atoms with Gasteiger partial charge in [-0.3, -0.25) is 0 Å². The molecule has 0 radical (unpaired) electrons. The van der Waals surface area contributed by atoms with Crippen molar-refractivity contribution in [2.24, 2.45) is 11.8 Å². The third kappa shape index (κ3) is 5.04. The molecule has 2 atom stereocenters. The van der Waals surface area contributed by atoms with E-state index in [1.54, 1.807) is 0 Å². The molecule has 0 amide bonds. The molecule has 1 aromatic rings.